The molecule has 1 aliphatic rings. The molecule has 1 unspecified atom stereocenters. The van der Waals surface area contributed by atoms with Crippen LogP contribution in [-0.4, -0.2) is 18.5 Å². The van der Waals surface area contributed by atoms with Gasteiger partial charge in [0.1, 0.15) is 0 Å². The molecule has 1 saturated heterocycles. The SMILES string of the molecule is C[C@@H](NCC1CCC(=O)N1)c1cccc(Cl)c1. The fraction of sp³-hybridized carbons (Fsp3) is 0.462. The molecule has 0 bridgehead atoms. The monoisotopic (exact) mass is 252 g/mol. The highest BCUT2D eigenvalue weighted by Gasteiger charge is 2.20. The molecular formula is C13H17ClN2O. The zero-order valence-electron chi connectivity index (χ0n) is 9.87. The number of hydrogen-bond donors (Lipinski definition) is 2. The number of amides is 1. The number of rotatable bonds is 4. The van der Waals surface area contributed by atoms with E-state index in [0.29, 0.717) is 6.42 Å². The Morgan fingerprint density at radius 2 is 2.41 bits per heavy atom. The van der Waals surface area contributed by atoms with Crippen molar-refractivity contribution in [1.29, 1.82) is 0 Å². The molecule has 92 valence electrons. The molecule has 0 saturated carbocycles. The van der Waals surface area contributed by atoms with Crippen molar-refractivity contribution in [3.8, 4) is 0 Å². The standard InChI is InChI=1S/C13H17ClN2O/c1-9(10-3-2-4-11(14)7-10)15-8-12-5-6-13(17)16-12/h2-4,7,9,12,15H,5-6,8H2,1H3,(H,16,17)/t9-,12?/m1/s1. The Hall–Kier alpha value is -1.06. The zero-order valence-corrected chi connectivity index (χ0v) is 10.6. The summed E-state index contributed by atoms with van der Waals surface area (Å²) in [5.74, 6) is 0.159. The third kappa shape index (κ3) is 3.45. The van der Waals surface area contributed by atoms with E-state index in [1.54, 1.807) is 0 Å². The smallest absolute Gasteiger partial charge is 0.220 e. The minimum atomic E-state index is 0.159. The first-order chi connectivity index (χ1) is 8.15. The van der Waals surface area contributed by atoms with E-state index in [4.69, 9.17) is 11.6 Å². The van der Waals surface area contributed by atoms with Crippen molar-refractivity contribution in [1.82, 2.24) is 10.6 Å². The van der Waals surface area contributed by atoms with E-state index in [2.05, 4.69) is 23.6 Å². The van der Waals surface area contributed by atoms with Gasteiger partial charge in [0.25, 0.3) is 0 Å². The summed E-state index contributed by atoms with van der Waals surface area (Å²) in [6, 6.07) is 8.35. The molecule has 2 N–H and O–H groups in total. The predicted octanol–water partition coefficient (Wildman–Crippen LogP) is 2.27. The van der Waals surface area contributed by atoms with Gasteiger partial charge in [-0.3, -0.25) is 4.79 Å². The number of carbonyl (C=O) groups excluding carboxylic acids is 1. The van der Waals surface area contributed by atoms with Crippen molar-refractivity contribution >= 4 is 17.5 Å². The summed E-state index contributed by atoms with van der Waals surface area (Å²) in [6.45, 7) is 2.90. The summed E-state index contributed by atoms with van der Waals surface area (Å²) >= 11 is 5.95. The van der Waals surface area contributed by atoms with Crippen LogP contribution in [-0.2, 0) is 4.79 Å². The third-order valence-corrected chi connectivity index (χ3v) is 3.34. The number of carbonyl (C=O) groups is 1. The van der Waals surface area contributed by atoms with Gasteiger partial charge in [0.05, 0.1) is 0 Å². The Morgan fingerprint density at radius 3 is 3.06 bits per heavy atom. The average Bonchev–Trinajstić information content (AvgIpc) is 2.72. The lowest BCUT2D eigenvalue weighted by atomic mass is 10.1. The van der Waals surface area contributed by atoms with Crippen molar-refractivity contribution in [2.45, 2.75) is 31.8 Å². The summed E-state index contributed by atoms with van der Waals surface area (Å²) < 4.78 is 0. The lowest BCUT2D eigenvalue weighted by Gasteiger charge is -2.17. The summed E-state index contributed by atoms with van der Waals surface area (Å²) in [5, 5.41) is 7.11. The van der Waals surface area contributed by atoms with E-state index >= 15 is 0 Å². The highest BCUT2D eigenvalue weighted by Crippen LogP contribution is 2.17. The van der Waals surface area contributed by atoms with Crippen molar-refractivity contribution in [3.63, 3.8) is 0 Å². The third-order valence-electron chi connectivity index (χ3n) is 3.10. The molecule has 1 fully saturated rings. The zero-order chi connectivity index (χ0) is 12.3. The average molecular weight is 253 g/mol. The predicted molar refractivity (Wildman–Crippen MR) is 69.0 cm³/mol. The molecule has 4 heteroatoms. The van der Waals surface area contributed by atoms with E-state index in [9.17, 15) is 4.79 Å². The van der Waals surface area contributed by atoms with Gasteiger partial charge < -0.3 is 10.6 Å². The molecule has 1 aliphatic heterocycles. The van der Waals surface area contributed by atoms with Crippen LogP contribution in [0.3, 0.4) is 0 Å². The second kappa shape index (κ2) is 5.52. The van der Waals surface area contributed by atoms with Crippen LogP contribution in [0.1, 0.15) is 31.4 Å². The molecule has 2 atom stereocenters. The molecule has 3 nitrogen and oxygen atoms in total. The van der Waals surface area contributed by atoms with Gasteiger partial charge in [0, 0.05) is 30.1 Å². The molecule has 2 rings (SSSR count). The molecule has 0 aromatic heterocycles. The van der Waals surface area contributed by atoms with Gasteiger partial charge in [-0.25, -0.2) is 0 Å². The minimum absolute atomic E-state index is 0.159. The molecule has 0 aliphatic carbocycles. The van der Waals surface area contributed by atoms with Crippen LogP contribution in [0.2, 0.25) is 5.02 Å². The fourth-order valence-electron chi connectivity index (χ4n) is 2.04. The number of nitrogens with one attached hydrogen (secondary N) is 2. The summed E-state index contributed by atoms with van der Waals surface area (Å²) in [6.07, 6.45) is 1.58. The van der Waals surface area contributed by atoms with Gasteiger partial charge in [-0.15, -0.1) is 0 Å². The van der Waals surface area contributed by atoms with Crippen molar-refractivity contribution in [3.05, 3.63) is 34.9 Å². The Balaban J connectivity index is 1.85. The maximum absolute atomic E-state index is 11.1. The van der Waals surface area contributed by atoms with Gasteiger partial charge in [0.15, 0.2) is 0 Å². The van der Waals surface area contributed by atoms with E-state index in [1.807, 2.05) is 18.2 Å². The maximum Gasteiger partial charge on any atom is 0.220 e. The fourth-order valence-corrected chi connectivity index (χ4v) is 2.24. The molecule has 1 aromatic carbocycles. The molecule has 1 heterocycles. The Bertz CT molecular complexity index is 408. The number of benzene rings is 1. The largest absolute Gasteiger partial charge is 0.352 e. The van der Waals surface area contributed by atoms with Gasteiger partial charge >= 0.3 is 0 Å². The van der Waals surface area contributed by atoms with Crippen LogP contribution < -0.4 is 10.6 Å². The van der Waals surface area contributed by atoms with E-state index in [0.717, 1.165) is 18.0 Å². The normalized spacial score (nSPS) is 21.3. The summed E-state index contributed by atoms with van der Waals surface area (Å²) in [7, 11) is 0. The number of halogens is 1. The van der Waals surface area contributed by atoms with Crippen LogP contribution in [0.5, 0.6) is 0 Å². The van der Waals surface area contributed by atoms with Gasteiger partial charge in [-0.2, -0.15) is 0 Å². The Morgan fingerprint density at radius 1 is 1.59 bits per heavy atom. The number of hydrogen-bond acceptors (Lipinski definition) is 2. The first kappa shape index (κ1) is 12.4. The van der Waals surface area contributed by atoms with Crippen molar-refractivity contribution in [2.24, 2.45) is 0 Å². The summed E-state index contributed by atoms with van der Waals surface area (Å²) in [5.41, 5.74) is 1.17. The quantitative estimate of drug-likeness (QED) is 0.863. The van der Waals surface area contributed by atoms with Crippen LogP contribution in [0, 0.1) is 0 Å². The molecule has 1 aromatic rings. The van der Waals surface area contributed by atoms with Gasteiger partial charge in [-0.1, -0.05) is 23.7 Å². The van der Waals surface area contributed by atoms with E-state index in [1.165, 1.54) is 5.56 Å². The second-order valence-corrected chi connectivity index (χ2v) is 4.92. The highest BCUT2D eigenvalue weighted by molar-refractivity contribution is 6.30. The molecule has 1 amide bonds. The molecule has 0 radical (unpaired) electrons. The van der Waals surface area contributed by atoms with Crippen LogP contribution in [0.4, 0.5) is 0 Å². The molecule has 0 spiro atoms. The van der Waals surface area contributed by atoms with Crippen molar-refractivity contribution < 1.29 is 4.79 Å². The minimum Gasteiger partial charge on any atom is -0.352 e. The first-order valence-corrected chi connectivity index (χ1v) is 6.31. The van der Waals surface area contributed by atoms with Gasteiger partial charge in [-0.05, 0) is 31.0 Å². The maximum atomic E-state index is 11.1. The second-order valence-electron chi connectivity index (χ2n) is 4.49. The lowest BCUT2D eigenvalue weighted by molar-refractivity contribution is -0.119. The topological polar surface area (TPSA) is 41.1 Å². The summed E-state index contributed by atoms with van der Waals surface area (Å²) in [4.78, 5) is 11.1. The van der Waals surface area contributed by atoms with Crippen molar-refractivity contribution in [2.75, 3.05) is 6.54 Å². The Labute approximate surface area is 107 Å². The van der Waals surface area contributed by atoms with Crippen LogP contribution in [0.25, 0.3) is 0 Å². The van der Waals surface area contributed by atoms with Crippen LogP contribution >= 0.6 is 11.6 Å². The lowest BCUT2D eigenvalue weighted by Crippen LogP contribution is -2.36. The highest BCUT2D eigenvalue weighted by atomic mass is 35.5. The molecular weight excluding hydrogens is 236 g/mol. The Kier molecular flexibility index (Phi) is 4.02. The molecule has 17 heavy (non-hydrogen) atoms. The van der Waals surface area contributed by atoms with Gasteiger partial charge in [0.2, 0.25) is 5.91 Å². The first-order valence-electron chi connectivity index (χ1n) is 5.93. The van der Waals surface area contributed by atoms with E-state index in [-0.39, 0.29) is 18.0 Å². The van der Waals surface area contributed by atoms with Crippen LogP contribution in [0.15, 0.2) is 24.3 Å². The van der Waals surface area contributed by atoms with E-state index < -0.39 is 0 Å².